The summed E-state index contributed by atoms with van der Waals surface area (Å²) < 4.78 is 13.2. The molecule has 3 heterocycles. The number of pyridine rings is 1. The van der Waals surface area contributed by atoms with Gasteiger partial charge in [0.1, 0.15) is 11.5 Å². The topological polar surface area (TPSA) is 95.5 Å². The lowest BCUT2D eigenvalue weighted by Crippen LogP contribution is -2.36. The van der Waals surface area contributed by atoms with Gasteiger partial charge in [0.25, 0.3) is 5.56 Å². The molecular weight excluding hydrogens is 406 g/mol. The molecule has 2 aliphatic rings. The number of fused-ring (bicyclic) bond motifs is 1. The second-order valence-electron chi connectivity index (χ2n) is 8.67. The molecule has 2 fully saturated rings. The monoisotopic (exact) mass is 435 g/mol. The fourth-order valence-electron chi connectivity index (χ4n) is 4.45. The summed E-state index contributed by atoms with van der Waals surface area (Å²) in [6, 6.07) is 10.4. The van der Waals surface area contributed by atoms with E-state index in [1.807, 2.05) is 6.07 Å². The van der Waals surface area contributed by atoms with Gasteiger partial charge >= 0.3 is 0 Å². The molecule has 1 saturated carbocycles. The van der Waals surface area contributed by atoms with Crippen LogP contribution in [0.3, 0.4) is 0 Å². The van der Waals surface area contributed by atoms with Gasteiger partial charge in [-0.05, 0) is 43.9 Å². The summed E-state index contributed by atoms with van der Waals surface area (Å²) in [5.41, 5.74) is 9.36. The van der Waals surface area contributed by atoms with Crippen LogP contribution in [-0.2, 0) is 11.8 Å². The highest BCUT2D eigenvalue weighted by atomic mass is 16.5. The molecule has 1 aliphatic carbocycles. The van der Waals surface area contributed by atoms with Crippen molar-refractivity contribution in [1.29, 1.82) is 0 Å². The van der Waals surface area contributed by atoms with Crippen LogP contribution in [-0.4, -0.2) is 53.0 Å². The summed E-state index contributed by atoms with van der Waals surface area (Å²) in [6.45, 7) is 3.29. The Hall–Kier alpha value is -2.97. The fraction of sp³-hybridized carbons (Fsp3) is 0.458. The van der Waals surface area contributed by atoms with E-state index >= 15 is 0 Å². The molecule has 8 nitrogen and oxygen atoms in total. The number of hydrogen-bond acceptors (Lipinski definition) is 7. The third kappa shape index (κ3) is 4.20. The summed E-state index contributed by atoms with van der Waals surface area (Å²) in [5, 5.41) is 0.429. The van der Waals surface area contributed by atoms with E-state index in [0.29, 0.717) is 16.8 Å². The van der Waals surface area contributed by atoms with Gasteiger partial charge in [-0.1, -0.05) is 12.1 Å². The van der Waals surface area contributed by atoms with Crippen molar-refractivity contribution < 1.29 is 9.47 Å². The maximum Gasteiger partial charge on any atom is 0.266 e. The lowest BCUT2D eigenvalue weighted by molar-refractivity contribution is 0.122. The quantitative estimate of drug-likeness (QED) is 0.673. The average Bonchev–Trinajstić information content (AvgIpc) is 2.83. The molecule has 0 amide bonds. The van der Waals surface area contributed by atoms with Crippen LogP contribution in [0.15, 0.2) is 41.5 Å². The van der Waals surface area contributed by atoms with E-state index in [1.54, 1.807) is 13.4 Å². The molecule has 0 spiro atoms. The Morgan fingerprint density at radius 2 is 1.81 bits per heavy atom. The molecule has 2 aromatic heterocycles. The van der Waals surface area contributed by atoms with Gasteiger partial charge in [0.05, 0.1) is 30.8 Å². The second kappa shape index (κ2) is 8.88. The molecule has 1 saturated heterocycles. The molecule has 0 radical (unpaired) electrons. The zero-order valence-electron chi connectivity index (χ0n) is 18.4. The molecule has 2 N–H and O–H groups in total. The number of rotatable bonds is 4. The van der Waals surface area contributed by atoms with Crippen molar-refractivity contribution in [1.82, 2.24) is 14.5 Å². The molecule has 32 heavy (non-hydrogen) atoms. The number of aromatic nitrogens is 3. The molecule has 1 aromatic carbocycles. The standard InChI is InChI=1S/C24H29N5O3/c1-28-15-26-21-14-20(16-2-6-18(7-3-16)29-10-12-31-13-11-29)27-23(22(21)24(28)30)32-19-8-4-17(25)5-9-19/h2-3,6-7,14-15,17,19H,4-5,8-13,25H2,1H3/t17-,19+. The number of nitrogens with two attached hydrogens (primary N) is 1. The Morgan fingerprint density at radius 3 is 2.53 bits per heavy atom. The molecular formula is C24H29N5O3. The molecule has 0 bridgehead atoms. The molecule has 168 valence electrons. The molecule has 1 aliphatic heterocycles. The van der Waals surface area contributed by atoms with Gasteiger partial charge < -0.3 is 24.7 Å². The van der Waals surface area contributed by atoms with Gasteiger partial charge in [-0.25, -0.2) is 9.97 Å². The van der Waals surface area contributed by atoms with Gasteiger partial charge in [-0.2, -0.15) is 0 Å². The van der Waals surface area contributed by atoms with Crippen molar-refractivity contribution in [3.8, 4) is 17.1 Å². The first-order valence-electron chi connectivity index (χ1n) is 11.3. The number of anilines is 1. The number of ether oxygens (including phenoxy) is 2. The summed E-state index contributed by atoms with van der Waals surface area (Å²) in [4.78, 5) is 24.5. The van der Waals surface area contributed by atoms with E-state index in [0.717, 1.165) is 63.2 Å². The Balaban J connectivity index is 1.50. The van der Waals surface area contributed by atoms with Crippen molar-refractivity contribution in [3.63, 3.8) is 0 Å². The van der Waals surface area contributed by atoms with E-state index in [4.69, 9.17) is 20.2 Å². The lowest BCUT2D eigenvalue weighted by atomic mass is 9.94. The maximum atomic E-state index is 12.9. The van der Waals surface area contributed by atoms with Gasteiger partial charge in [0.2, 0.25) is 5.88 Å². The minimum atomic E-state index is -0.153. The number of morpholine rings is 1. The summed E-state index contributed by atoms with van der Waals surface area (Å²) in [5.74, 6) is 0.365. The van der Waals surface area contributed by atoms with Gasteiger partial charge in [-0.3, -0.25) is 4.79 Å². The Morgan fingerprint density at radius 1 is 1.09 bits per heavy atom. The zero-order chi connectivity index (χ0) is 22.1. The second-order valence-corrected chi connectivity index (χ2v) is 8.67. The molecule has 8 heteroatoms. The SMILES string of the molecule is Cn1cnc2cc(-c3ccc(N4CCOCC4)cc3)nc(O[C@H]3CC[C@@H](N)CC3)c2c1=O. The molecule has 3 aromatic rings. The van der Waals surface area contributed by atoms with Crippen LogP contribution in [0.5, 0.6) is 5.88 Å². The molecule has 5 rings (SSSR count). The fourth-order valence-corrected chi connectivity index (χ4v) is 4.45. The molecule has 0 atom stereocenters. The Bertz CT molecular complexity index is 1150. The van der Waals surface area contributed by atoms with E-state index in [9.17, 15) is 4.79 Å². The van der Waals surface area contributed by atoms with Crippen LogP contribution in [0.1, 0.15) is 25.7 Å². The number of hydrogen-bond donors (Lipinski definition) is 1. The van der Waals surface area contributed by atoms with E-state index in [-0.39, 0.29) is 17.7 Å². The summed E-state index contributed by atoms with van der Waals surface area (Å²) in [7, 11) is 1.69. The van der Waals surface area contributed by atoms with Crippen molar-refractivity contribution >= 4 is 16.6 Å². The van der Waals surface area contributed by atoms with Crippen LogP contribution in [0, 0.1) is 0 Å². The predicted octanol–water partition coefficient (Wildman–Crippen LogP) is 2.48. The van der Waals surface area contributed by atoms with Crippen molar-refractivity contribution in [2.45, 2.75) is 37.8 Å². The van der Waals surface area contributed by atoms with Gasteiger partial charge in [0, 0.05) is 37.4 Å². The highest BCUT2D eigenvalue weighted by Crippen LogP contribution is 2.30. The first-order valence-corrected chi connectivity index (χ1v) is 11.3. The normalized spacial score (nSPS) is 21.6. The Labute approximate surface area is 187 Å². The first-order chi connectivity index (χ1) is 15.6. The predicted molar refractivity (Wildman–Crippen MR) is 124 cm³/mol. The van der Waals surface area contributed by atoms with Crippen molar-refractivity contribution in [2.24, 2.45) is 12.8 Å². The highest BCUT2D eigenvalue weighted by Gasteiger charge is 2.23. The smallest absolute Gasteiger partial charge is 0.266 e. The van der Waals surface area contributed by atoms with Crippen LogP contribution < -0.4 is 20.9 Å². The summed E-state index contributed by atoms with van der Waals surface area (Å²) >= 11 is 0. The number of benzene rings is 1. The summed E-state index contributed by atoms with van der Waals surface area (Å²) in [6.07, 6.45) is 5.12. The van der Waals surface area contributed by atoms with Crippen LogP contribution in [0.25, 0.3) is 22.2 Å². The third-order valence-corrected chi connectivity index (χ3v) is 6.41. The number of aryl methyl sites for hydroxylation is 1. The van der Waals surface area contributed by atoms with Crippen LogP contribution in [0.4, 0.5) is 5.69 Å². The third-order valence-electron chi connectivity index (χ3n) is 6.41. The highest BCUT2D eigenvalue weighted by molar-refractivity contribution is 5.86. The lowest BCUT2D eigenvalue weighted by Gasteiger charge is -2.29. The van der Waals surface area contributed by atoms with E-state index < -0.39 is 0 Å². The van der Waals surface area contributed by atoms with E-state index in [2.05, 4.69) is 34.1 Å². The minimum absolute atomic E-state index is 0.00867. The zero-order valence-corrected chi connectivity index (χ0v) is 18.4. The van der Waals surface area contributed by atoms with Gasteiger partial charge in [-0.15, -0.1) is 0 Å². The largest absolute Gasteiger partial charge is 0.474 e. The van der Waals surface area contributed by atoms with Crippen LogP contribution >= 0.6 is 0 Å². The average molecular weight is 436 g/mol. The van der Waals surface area contributed by atoms with Crippen LogP contribution in [0.2, 0.25) is 0 Å². The van der Waals surface area contributed by atoms with Crippen molar-refractivity contribution in [3.05, 3.63) is 47.0 Å². The molecule has 0 unspecified atom stereocenters. The van der Waals surface area contributed by atoms with Gasteiger partial charge in [0.15, 0.2) is 0 Å². The number of nitrogens with zero attached hydrogens (tertiary/aromatic N) is 4. The van der Waals surface area contributed by atoms with E-state index in [1.165, 1.54) is 10.3 Å². The maximum absolute atomic E-state index is 12.9. The Kier molecular flexibility index (Phi) is 5.80. The minimum Gasteiger partial charge on any atom is -0.474 e. The van der Waals surface area contributed by atoms with Crippen molar-refractivity contribution in [2.75, 3.05) is 31.2 Å². The first kappa shape index (κ1) is 20.9.